The van der Waals surface area contributed by atoms with Gasteiger partial charge in [0.1, 0.15) is 42.5 Å². The van der Waals surface area contributed by atoms with Crippen molar-refractivity contribution in [2.45, 2.75) is 163 Å². The third-order valence-corrected chi connectivity index (χ3v) is 10.6. The van der Waals surface area contributed by atoms with Gasteiger partial charge in [0.2, 0.25) is 0 Å². The van der Waals surface area contributed by atoms with E-state index in [1.54, 1.807) is 23.5 Å². The number of thioether (sulfide) groups is 2. The highest BCUT2D eigenvalue weighted by Gasteiger charge is 2.43. The third kappa shape index (κ3) is 9.16. The van der Waals surface area contributed by atoms with E-state index in [-0.39, 0.29) is 32.3 Å². The van der Waals surface area contributed by atoms with Gasteiger partial charge in [-0.25, -0.2) is 0 Å². The third-order valence-electron chi connectivity index (χ3n) is 8.18. The summed E-state index contributed by atoms with van der Waals surface area (Å²) in [5.74, 6) is 1.06. The largest absolute Gasteiger partial charge is 0.507 e. The summed E-state index contributed by atoms with van der Waals surface area (Å²) in [5, 5.41) is 52.0. The van der Waals surface area contributed by atoms with Gasteiger partial charge >= 0.3 is 0 Å². The number of benzene rings is 2. The quantitative estimate of drug-likeness (QED) is 0.151. The average Bonchev–Trinajstić information content (AvgIpc) is 2.87. The molecule has 260 valence electrons. The number of phenolic OH excluding ortho intramolecular Hbond substituents is 1. The van der Waals surface area contributed by atoms with E-state index in [1.165, 1.54) is 0 Å². The van der Waals surface area contributed by atoms with Crippen molar-refractivity contribution < 1.29 is 35.0 Å². The smallest absolute Gasteiger partial charge is 0.184 e. The minimum Gasteiger partial charge on any atom is -0.507 e. The van der Waals surface area contributed by atoms with Gasteiger partial charge in [0.15, 0.2) is 6.29 Å². The van der Waals surface area contributed by atoms with Crippen molar-refractivity contribution in [2.24, 2.45) is 0 Å². The molecule has 2 aromatic rings. The fraction of sp³-hybridized carbons (Fsp3) is 0.676. The number of aliphatic hydroxyl groups is 4. The van der Waals surface area contributed by atoms with Gasteiger partial charge < -0.3 is 35.0 Å². The molecule has 0 radical (unpaired) electrons. The van der Waals surface area contributed by atoms with Crippen LogP contribution in [-0.2, 0) is 26.4 Å². The van der Waals surface area contributed by atoms with E-state index < -0.39 is 30.7 Å². The van der Waals surface area contributed by atoms with E-state index in [9.17, 15) is 25.5 Å². The maximum Gasteiger partial charge on any atom is 0.184 e. The predicted octanol–water partition coefficient (Wildman–Crippen LogP) is 7.38. The van der Waals surface area contributed by atoms with Crippen LogP contribution in [0.2, 0.25) is 0 Å². The van der Waals surface area contributed by atoms with Crippen molar-refractivity contribution >= 4 is 23.5 Å². The van der Waals surface area contributed by atoms with E-state index in [2.05, 4.69) is 121 Å². The molecule has 1 saturated heterocycles. The lowest BCUT2D eigenvalue weighted by Crippen LogP contribution is -2.58. The second kappa shape index (κ2) is 13.4. The van der Waals surface area contributed by atoms with Crippen LogP contribution >= 0.6 is 23.5 Å². The minimum atomic E-state index is -1.62. The van der Waals surface area contributed by atoms with E-state index in [0.717, 1.165) is 32.0 Å². The molecule has 1 heterocycles. The number of ether oxygens (including phenoxy) is 2. The Labute approximate surface area is 285 Å². The van der Waals surface area contributed by atoms with E-state index >= 15 is 0 Å². The van der Waals surface area contributed by atoms with E-state index in [4.69, 9.17) is 9.47 Å². The van der Waals surface area contributed by atoms with Crippen LogP contribution < -0.4 is 4.74 Å². The summed E-state index contributed by atoms with van der Waals surface area (Å²) in [6, 6.07) is 8.59. The molecule has 1 aliphatic rings. The fourth-order valence-corrected chi connectivity index (χ4v) is 8.15. The number of phenols is 1. The van der Waals surface area contributed by atoms with Crippen LogP contribution in [0.3, 0.4) is 0 Å². The minimum absolute atomic E-state index is 0.116. The van der Waals surface area contributed by atoms with Crippen molar-refractivity contribution in [3.8, 4) is 11.5 Å². The molecule has 5 atom stereocenters. The summed E-state index contributed by atoms with van der Waals surface area (Å²) in [4.78, 5) is 2.20. The van der Waals surface area contributed by atoms with Crippen LogP contribution in [0.5, 0.6) is 11.5 Å². The number of hydrogen-bond donors (Lipinski definition) is 5. The van der Waals surface area contributed by atoms with E-state index in [0.29, 0.717) is 11.5 Å². The first-order chi connectivity index (χ1) is 20.6. The van der Waals surface area contributed by atoms with Crippen LogP contribution in [-0.4, -0.2) is 66.9 Å². The zero-order valence-electron chi connectivity index (χ0n) is 30.3. The zero-order valence-corrected chi connectivity index (χ0v) is 31.9. The van der Waals surface area contributed by atoms with Gasteiger partial charge in [-0.1, -0.05) is 83.1 Å². The molecular formula is C37H58O7S2. The molecule has 0 bridgehead atoms. The Bertz CT molecular complexity index is 1310. The molecule has 9 heteroatoms. The van der Waals surface area contributed by atoms with Gasteiger partial charge in [0, 0.05) is 32.0 Å². The molecule has 0 saturated carbocycles. The van der Waals surface area contributed by atoms with Crippen LogP contribution in [0.4, 0.5) is 0 Å². The first kappa shape index (κ1) is 39.0. The molecule has 0 amide bonds. The molecule has 0 aliphatic carbocycles. The monoisotopic (exact) mass is 678 g/mol. The molecule has 1 aliphatic heterocycles. The molecule has 0 aromatic heterocycles. The summed E-state index contributed by atoms with van der Waals surface area (Å²) in [7, 11) is 0. The summed E-state index contributed by atoms with van der Waals surface area (Å²) in [5.41, 5.74) is 2.83. The number of rotatable bonds is 7. The Morgan fingerprint density at radius 2 is 0.957 bits per heavy atom. The summed E-state index contributed by atoms with van der Waals surface area (Å²) >= 11 is 3.55. The topological polar surface area (TPSA) is 120 Å². The van der Waals surface area contributed by atoms with Gasteiger partial charge in [-0.15, -0.1) is 23.5 Å². The van der Waals surface area contributed by atoms with Crippen molar-refractivity contribution in [1.29, 1.82) is 0 Å². The van der Waals surface area contributed by atoms with Gasteiger partial charge in [-0.2, -0.15) is 0 Å². The maximum absolute atomic E-state index is 11.3. The average molecular weight is 679 g/mol. The Hall–Kier alpha value is -1.46. The van der Waals surface area contributed by atoms with Gasteiger partial charge in [-0.3, -0.25) is 0 Å². The number of hydrogen-bond acceptors (Lipinski definition) is 9. The van der Waals surface area contributed by atoms with Crippen molar-refractivity contribution in [2.75, 3.05) is 6.61 Å². The molecule has 1 unspecified atom stereocenters. The van der Waals surface area contributed by atoms with Gasteiger partial charge in [-0.05, 0) is 59.8 Å². The Kier molecular flexibility index (Phi) is 11.4. The Balaban J connectivity index is 2.03. The first-order valence-corrected chi connectivity index (χ1v) is 17.7. The standard InChI is InChI=1S/C37H58O7S2/c1-33(2,3)22-15-20(16-23(27(22)38)34(4,5)6)45-37(13,14)46-21-17-24(35(7,8)9)31(25(18-21)36(10,11)12)43-19-26-28(39)29(40)30(41)32(42)44-26/h15-18,26,28-30,32,38-42H,19H2,1-14H3/t26-,28-,29+,30-,32?/m1/s1. The molecule has 1 fully saturated rings. The molecule has 2 aromatic carbocycles. The number of aromatic hydroxyl groups is 1. The SMILES string of the molecule is CC(C)(Sc1cc(C(C)(C)C)c(O)c(C(C)(C)C)c1)Sc1cc(C(C)(C)C)c(OC[C@H]2OC(O)[C@H](O)[C@@H](O)[C@@H]2O)c(C(C)(C)C)c1. The van der Waals surface area contributed by atoms with Crippen LogP contribution in [0.25, 0.3) is 0 Å². The summed E-state index contributed by atoms with van der Waals surface area (Å²) < 4.78 is 11.6. The molecule has 46 heavy (non-hydrogen) atoms. The van der Waals surface area contributed by atoms with Crippen LogP contribution in [0.1, 0.15) is 119 Å². The second-order valence-corrected chi connectivity index (χ2v) is 20.8. The Morgan fingerprint density at radius 3 is 1.33 bits per heavy atom. The predicted molar refractivity (Wildman–Crippen MR) is 190 cm³/mol. The molecule has 7 nitrogen and oxygen atoms in total. The zero-order chi connectivity index (χ0) is 35.4. The van der Waals surface area contributed by atoms with E-state index in [1.807, 2.05) is 0 Å². The van der Waals surface area contributed by atoms with Crippen LogP contribution in [0.15, 0.2) is 34.1 Å². The lowest BCUT2D eigenvalue weighted by atomic mass is 9.79. The van der Waals surface area contributed by atoms with Crippen molar-refractivity contribution in [1.82, 2.24) is 0 Å². The van der Waals surface area contributed by atoms with Crippen LogP contribution in [0, 0.1) is 0 Å². The highest BCUT2D eigenvalue weighted by Crippen LogP contribution is 2.51. The Morgan fingerprint density at radius 1 is 0.587 bits per heavy atom. The second-order valence-electron chi connectivity index (χ2n) is 17.2. The molecule has 3 rings (SSSR count). The first-order valence-electron chi connectivity index (χ1n) is 16.1. The molecule has 0 spiro atoms. The molecular weight excluding hydrogens is 621 g/mol. The lowest BCUT2D eigenvalue weighted by molar-refractivity contribution is -0.285. The van der Waals surface area contributed by atoms with Crippen molar-refractivity contribution in [3.63, 3.8) is 0 Å². The highest BCUT2D eigenvalue weighted by molar-refractivity contribution is 8.18. The summed E-state index contributed by atoms with van der Waals surface area (Å²) in [6.45, 7) is 29.9. The molecule has 5 N–H and O–H groups in total. The van der Waals surface area contributed by atoms with Crippen molar-refractivity contribution in [3.05, 3.63) is 46.5 Å². The van der Waals surface area contributed by atoms with Gasteiger partial charge in [0.25, 0.3) is 0 Å². The maximum atomic E-state index is 11.3. The fourth-order valence-electron chi connectivity index (χ4n) is 5.56. The lowest BCUT2D eigenvalue weighted by Gasteiger charge is -2.39. The highest BCUT2D eigenvalue weighted by atomic mass is 32.2. The summed E-state index contributed by atoms with van der Waals surface area (Å²) in [6.07, 6.45) is -7.21. The normalized spacial score (nSPS) is 23.5. The van der Waals surface area contributed by atoms with Gasteiger partial charge in [0.05, 0.1) is 4.08 Å². The number of aliphatic hydroxyl groups excluding tert-OH is 4.